The van der Waals surface area contributed by atoms with Gasteiger partial charge in [0, 0.05) is 12.6 Å². The van der Waals surface area contributed by atoms with Crippen LogP contribution in [0.4, 0.5) is 5.69 Å². The first-order valence-electron chi connectivity index (χ1n) is 7.64. The van der Waals surface area contributed by atoms with E-state index in [-0.39, 0.29) is 5.91 Å². The number of aliphatic imine (C=N–C) groups is 1. The first kappa shape index (κ1) is 17.0. The Hall–Kier alpha value is -2.80. The second-order valence-corrected chi connectivity index (χ2v) is 6.12. The summed E-state index contributed by atoms with van der Waals surface area (Å²) in [5.41, 5.74) is 1.10. The summed E-state index contributed by atoms with van der Waals surface area (Å²) in [6.45, 7) is 2.41. The summed E-state index contributed by atoms with van der Waals surface area (Å²) in [5, 5.41) is 0.594. The maximum atomic E-state index is 12.5. The largest absolute Gasteiger partial charge is 0.465 e. The lowest BCUT2D eigenvalue weighted by Gasteiger charge is -2.12. The normalized spacial score (nSPS) is 17.5. The van der Waals surface area contributed by atoms with Crippen LogP contribution in [0.15, 0.2) is 57.0 Å². The van der Waals surface area contributed by atoms with Crippen molar-refractivity contribution < 1.29 is 18.7 Å². The van der Waals surface area contributed by atoms with Crippen LogP contribution in [-0.4, -0.2) is 35.6 Å². The molecule has 0 aliphatic carbocycles. The van der Waals surface area contributed by atoms with Crippen LogP contribution in [0, 0.1) is 0 Å². The molecule has 7 heteroatoms. The van der Waals surface area contributed by atoms with Gasteiger partial charge in [0.2, 0.25) is 0 Å². The maximum Gasteiger partial charge on any atom is 0.337 e. The maximum absolute atomic E-state index is 12.5. The van der Waals surface area contributed by atoms with Crippen LogP contribution >= 0.6 is 11.8 Å². The molecule has 1 aromatic carbocycles. The lowest BCUT2D eigenvalue weighted by Crippen LogP contribution is -2.28. The van der Waals surface area contributed by atoms with Crippen molar-refractivity contribution in [2.75, 3.05) is 13.7 Å². The standard InChI is InChI=1S/C18H16N2O4S/c1-3-20-16(21)15(11-14-5-4-10-24-14)25-18(20)19-13-8-6-12(7-9-13)17(22)23-2/h4-11H,3H2,1-2H3/b15-11+,19-18?. The van der Waals surface area contributed by atoms with Crippen LogP contribution in [0.25, 0.3) is 6.08 Å². The molecule has 6 nitrogen and oxygen atoms in total. The zero-order valence-electron chi connectivity index (χ0n) is 13.8. The molecule has 25 heavy (non-hydrogen) atoms. The molecule has 0 N–H and O–H groups in total. The van der Waals surface area contributed by atoms with Crippen molar-refractivity contribution in [1.82, 2.24) is 4.90 Å². The molecule has 1 aromatic heterocycles. The number of amidine groups is 1. The van der Waals surface area contributed by atoms with E-state index in [1.807, 2.05) is 6.92 Å². The number of likely N-dealkylation sites (N-methyl/N-ethyl adjacent to an activating group) is 1. The molecule has 1 amide bonds. The summed E-state index contributed by atoms with van der Waals surface area (Å²) in [4.78, 5) is 30.7. The number of benzene rings is 1. The van der Waals surface area contributed by atoms with Crippen LogP contribution in [0.2, 0.25) is 0 Å². The predicted molar refractivity (Wildman–Crippen MR) is 96.5 cm³/mol. The van der Waals surface area contributed by atoms with E-state index in [9.17, 15) is 9.59 Å². The van der Waals surface area contributed by atoms with E-state index >= 15 is 0 Å². The molecule has 0 spiro atoms. The van der Waals surface area contributed by atoms with E-state index in [2.05, 4.69) is 9.73 Å². The Labute approximate surface area is 149 Å². The zero-order valence-corrected chi connectivity index (χ0v) is 14.6. The van der Waals surface area contributed by atoms with Gasteiger partial charge in [-0.1, -0.05) is 0 Å². The van der Waals surface area contributed by atoms with Crippen LogP contribution < -0.4 is 0 Å². The van der Waals surface area contributed by atoms with E-state index in [1.165, 1.54) is 18.9 Å². The number of furan rings is 1. The third-order valence-electron chi connectivity index (χ3n) is 3.53. The molecule has 1 fully saturated rings. The van der Waals surface area contributed by atoms with Crippen molar-refractivity contribution in [3.8, 4) is 0 Å². The Balaban J connectivity index is 1.86. The molecule has 0 saturated carbocycles. The van der Waals surface area contributed by atoms with Gasteiger partial charge in [0.05, 0.1) is 29.5 Å². The summed E-state index contributed by atoms with van der Waals surface area (Å²) < 4.78 is 9.94. The monoisotopic (exact) mass is 356 g/mol. The van der Waals surface area contributed by atoms with Gasteiger partial charge >= 0.3 is 5.97 Å². The van der Waals surface area contributed by atoms with Gasteiger partial charge in [-0.15, -0.1) is 0 Å². The van der Waals surface area contributed by atoms with E-state index in [4.69, 9.17) is 4.42 Å². The van der Waals surface area contributed by atoms with Crippen LogP contribution in [0.5, 0.6) is 0 Å². The number of carbonyl (C=O) groups excluding carboxylic acids is 2. The Morgan fingerprint density at radius 1 is 1.32 bits per heavy atom. The fraction of sp³-hybridized carbons (Fsp3) is 0.167. The van der Waals surface area contributed by atoms with Gasteiger partial charge in [0.1, 0.15) is 5.76 Å². The summed E-state index contributed by atoms with van der Waals surface area (Å²) >= 11 is 1.30. The van der Waals surface area contributed by atoms with Gasteiger partial charge in [0.25, 0.3) is 5.91 Å². The number of amides is 1. The summed E-state index contributed by atoms with van der Waals surface area (Å²) in [6, 6.07) is 10.3. The highest BCUT2D eigenvalue weighted by atomic mass is 32.2. The fourth-order valence-electron chi connectivity index (χ4n) is 2.27. The van der Waals surface area contributed by atoms with Gasteiger partial charge in [0.15, 0.2) is 5.17 Å². The molecular weight excluding hydrogens is 340 g/mol. The van der Waals surface area contributed by atoms with Gasteiger partial charge < -0.3 is 9.15 Å². The Kier molecular flexibility index (Phi) is 5.04. The van der Waals surface area contributed by atoms with Crippen molar-refractivity contribution in [3.63, 3.8) is 0 Å². The number of rotatable bonds is 4. The fourth-order valence-corrected chi connectivity index (χ4v) is 3.32. The van der Waals surface area contributed by atoms with Crippen LogP contribution in [0.1, 0.15) is 23.0 Å². The third kappa shape index (κ3) is 3.66. The van der Waals surface area contributed by atoms with E-state index in [1.54, 1.807) is 53.6 Å². The number of carbonyl (C=O) groups is 2. The van der Waals surface area contributed by atoms with Crippen molar-refractivity contribution in [2.45, 2.75) is 6.92 Å². The molecule has 1 aliphatic rings. The minimum atomic E-state index is -0.400. The second kappa shape index (κ2) is 7.40. The lowest BCUT2D eigenvalue weighted by molar-refractivity contribution is -0.122. The highest BCUT2D eigenvalue weighted by Gasteiger charge is 2.32. The first-order chi connectivity index (χ1) is 12.1. The number of methoxy groups -OCH3 is 1. The van der Waals surface area contributed by atoms with E-state index in [0.29, 0.717) is 33.6 Å². The number of nitrogens with zero attached hydrogens (tertiary/aromatic N) is 2. The average Bonchev–Trinajstić information content (AvgIpc) is 3.24. The third-order valence-corrected chi connectivity index (χ3v) is 4.54. The smallest absolute Gasteiger partial charge is 0.337 e. The minimum absolute atomic E-state index is 0.103. The first-order valence-corrected chi connectivity index (χ1v) is 8.46. The molecule has 1 saturated heterocycles. The van der Waals surface area contributed by atoms with Gasteiger partial charge in [-0.25, -0.2) is 9.79 Å². The molecule has 0 bridgehead atoms. The second-order valence-electron chi connectivity index (χ2n) is 5.11. The van der Waals surface area contributed by atoms with Gasteiger partial charge in [-0.05, 0) is 55.1 Å². The highest BCUT2D eigenvalue weighted by Crippen LogP contribution is 2.34. The molecule has 0 atom stereocenters. The van der Waals surface area contributed by atoms with Gasteiger partial charge in [-0.2, -0.15) is 0 Å². The van der Waals surface area contributed by atoms with Crippen LogP contribution in [-0.2, 0) is 9.53 Å². The topological polar surface area (TPSA) is 72.1 Å². The molecule has 2 heterocycles. The Morgan fingerprint density at radius 3 is 2.68 bits per heavy atom. The van der Waals surface area contributed by atoms with Crippen LogP contribution in [0.3, 0.4) is 0 Å². The molecule has 128 valence electrons. The molecule has 3 rings (SSSR count). The number of thioether (sulfide) groups is 1. The molecule has 0 unspecified atom stereocenters. The van der Waals surface area contributed by atoms with Gasteiger partial charge in [-0.3, -0.25) is 9.69 Å². The van der Waals surface area contributed by atoms with E-state index in [0.717, 1.165) is 0 Å². The summed E-state index contributed by atoms with van der Waals surface area (Å²) in [7, 11) is 1.34. The predicted octanol–water partition coefficient (Wildman–Crippen LogP) is 3.69. The number of ether oxygens (including phenoxy) is 1. The molecule has 0 radical (unpaired) electrons. The number of hydrogen-bond acceptors (Lipinski definition) is 6. The van der Waals surface area contributed by atoms with Crippen molar-refractivity contribution in [1.29, 1.82) is 0 Å². The Morgan fingerprint density at radius 2 is 2.08 bits per heavy atom. The minimum Gasteiger partial charge on any atom is -0.465 e. The highest BCUT2D eigenvalue weighted by molar-refractivity contribution is 8.18. The average molecular weight is 356 g/mol. The van der Waals surface area contributed by atoms with Crippen molar-refractivity contribution in [3.05, 3.63) is 58.9 Å². The molecular formula is C18H16N2O4S. The molecule has 1 aliphatic heterocycles. The summed E-state index contributed by atoms with van der Waals surface area (Å²) in [5.74, 6) is 0.118. The zero-order chi connectivity index (χ0) is 17.8. The van der Waals surface area contributed by atoms with Crippen molar-refractivity contribution >= 4 is 40.6 Å². The SMILES string of the molecule is CCN1C(=O)/C(=C\c2ccco2)SC1=Nc1ccc(C(=O)OC)cc1. The summed E-state index contributed by atoms with van der Waals surface area (Å²) in [6.07, 6.45) is 3.27. The molecule has 2 aromatic rings. The van der Waals surface area contributed by atoms with Crippen molar-refractivity contribution in [2.24, 2.45) is 4.99 Å². The number of esters is 1. The quantitative estimate of drug-likeness (QED) is 0.617. The lowest BCUT2D eigenvalue weighted by atomic mass is 10.2. The number of hydrogen-bond donors (Lipinski definition) is 0. The van der Waals surface area contributed by atoms with E-state index < -0.39 is 5.97 Å². The Bertz CT molecular complexity index is 838.